The van der Waals surface area contributed by atoms with E-state index < -0.39 is 6.04 Å². The molecule has 0 saturated heterocycles. The van der Waals surface area contributed by atoms with Gasteiger partial charge in [0.2, 0.25) is 5.91 Å². The zero-order valence-electron chi connectivity index (χ0n) is 7.71. The Balaban J connectivity index is 3.70. The molecular formula is C8H18N2O2. The third kappa shape index (κ3) is 4.31. The van der Waals surface area contributed by atoms with Gasteiger partial charge in [-0.1, -0.05) is 13.3 Å². The van der Waals surface area contributed by atoms with Crippen LogP contribution >= 0.6 is 0 Å². The minimum absolute atomic E-state index is 0.0510. The number of aliphatic hydroxyl groups is 1. The number of nitrogens with two attached hydrogens (primary N) is 1. The van der Waals surface area contributed by atoms with E-state index in [0.29, 0.717) is 6.42 Å². The molecule has 0 fully saturated rings. The molecule has 12 heavy (non-hydrogen) atoms. The first-order chi connectivity index (χ1) is 5.61. The van der Waals surface area contributed by atoms with Crippen molar-refractivity contribution >= 4 is 5.91 Å². The van der Waals surface area contributed by atoms with Gasteiger partial charge in [-0.25, -0.2) is 0 Å². The molecule has 0 bridgehead atoms. The Hall–Kier alpha value is -0.610. The lowest BCUT2D eigenvalue weighted by Crippen LogP contribution is -2.45. The molecule has 0 spiro atoms. The standard InChI is InChI=1S/C8H18N2O2/c1-3-4-7(9)8(12)10-6(2)5-11/h6-7,11H,3-5,9H2,1-2H3,(H,10,12)/t6?,7-/m1/s1. The molecule has 0 rings (SSSR count). The zero-order valence-corrected chi connectivity index (χ0v) is 7.71. The SMILES string of the molecule is CCC[C@@H](N)C(=O)NC(C)CO. The van der Waals surface area contributed by atoms with Crippen molar-refractivity contribution in [3.63, 3.8) is 0 Å². The third-order valence-electron chi connectivity index (χ3n) is 1.60. The lowest BCUT2D eigenvalue weighted by Gasteiger charge is -2.14. The van der Waals surface area contributed by atoms with Crippen LogP contribution in [0.15, 0.2) is 0 Å². The van der Waals surface area contributed by atoms with Crippen molar-refractivity contribution in [3.05, 3.63) is 0 Å². The second-order valence-corrected chi connectivity index (χ2v) is 2.99. The quantitative estimate of drug-likeness (QED) is 0.531. The molecule has 4 nitrogen and oxygen atoms in total. The number of carbonyl (C=O) groups excluding carboxylic acids is 1. The van der Waals surface area contributed by atoms with Crippen LogP contribution in [0.1, 0.15) is 26.7 Å². The molecule has 0 aromatic rings. The Bertz CT molecular complexity index is 139. The van der Waals surface area contributed by atoms with E-state index >= 15 is 0 Å². The minimum atomic E-state index is -0.441. The average molecular weight is 174 g/mol. The predicted octanol–water partition coefficient (Wildman–Crippen LogP) is -0.389. The number of hydrogen-bond donors (Lipinski definition) is 3. The monoisotopic (exact) mass is 174 g/mol. The van der Waals surface area contributed by atoms with Crippen molar-refractivity contribution in [2.24, 2.45) is 5.73 Å². The molecule has 4 heteroatoms. The van der Waals surface area contributed by atoms with Gasteiger partial charge in [0, 0.05) is 6.04 Å². The lowest BCUT2D eigenvalue weighted by molar-refractivity contribution is -0.123. The Morgan fingerprint density at radius 3 is 2.67 bits per heavy atom. The van der Waals surface area contributed by atoms with Crippen LogP contribution < -0.4 is 11.1 Å². The smallest absolute Gasteiger partial charge is 0.237 e. The van der Waals surface area contributed by atoms with Gasteiger partial charge in [-0.15, -0.1) is 0 Å². The van der Waals surface area contributed by atoms with Crippen molar-refractivity contribution in [2.75, 3.05) is 6.61 Å². The van der Waals surface area contributed by atoms with E-state index in [1.165, 1.54) is 0 Å². The van der Waals surface area contributed by atoms with Gasteiger partial charge in [0.25, 0.3) is 0 Å². The summed E-state index contributed by atoms with van der Waals surface area (Å²) in [5.74, 6) is -0.182. The van der Waals surface area contributed by atoms with Crippen LogP contribution in [0.2, 0.25) is 0 Å². The first-order valence-corrected chi connectivity index (χ1v) is 4.28. The van der Waals surface area contributed by atoms with Crippen LogP contribution in [-0.2, 0) is 4.79 Å². The number of rotatable bonds is 5. The van der Waals surface area contributed by atoms with Crippen LogP contribution in [0, 0.1) is 0 Å². The van der Waals surface area contributed by atoms with Gasteiger partial charge in [-0.3, -0.25) is 4.79 Å². The molecule has 1 amide bonds. The van der Waals surface area contributed by atoms with Gasteiger partial charge in [0.1, 0.15) is 0 Å². The Kier molecular flexibility index (Phi) is 5.66. The van der Waals surface area contributed by atoms with Gasteiger partial charge >= 0.3 is 0 Å². The van der Waals surface area contributed by atoms with Crippen molar-refractivity contribution in [2.45, 2.75) is 38.8 Å². The summed E-state index contributed by atoms with van der Waals surface area (Å²) in [6.45, 7) is 3.66. The summed E-state index contributed by atoms with van der Waals surface area (Å²) in [6.07, 6.45) is 1.58. The summed E-state index contributed by atoms with van der Waals surface area (Å²) in [5.41, 5.74) is 5.54. The van der Waals surface area contributed by atoms with Crippen LogP contribution in [0.5, 0.6) is 0 Å². The molecular weight excluding hydrogens is 156 g/mol. The van der Waals surface area contributed by atoms with Gasteiger partial charge in [-0.05, 0) is 13.3 Å². The normalized spacial score (nSPS) is 15.3. The van der Waals surface area contributed by atoms with Crippen molar-refractivity contribution < 1.29 is 9.90 Å². The molecule has 0 aliphatic rings. The first-order valence-electron chi connectivity index (χ1n) is 4.28. The summed E-state index contributed by atoms with van der Waals surface area (Å²) in [4.78, 5) is 11.2. The topological polar surface area (TPSA) is 75.4 Å². The third-order valence-corrected chi connectivity index (χ3v) is 1.60. The highest BCUT2D eigenvalue weighted by Crippen LogP contribution is 1.93. The molecule has 0 saturated carbocycles. The second-order valence-electron chi connectivity index (χ2n) is 2.99. The Labute approximate surface area is 73.1 Å². The van der Waals surface area contributed by atoms with E-state index in [1.807, 2.05) is 6.92 Å². The fourth-order valence-corrected chi connectivity index (χ4v) is 0.838. The molecule has 1 unspecified atom stereocenters. The van der Waals surface area contributed by atoms with Crippen LogP contribution in [0.3, 0.4) is 0 Å². The first kappa shape index (κ1) is 11.4. The minimum Gasteiger partial charge on any atom is -0.394 e. The molecule has 4 N–H and O–H groups in total. The summed E-state index contributed by atoms with van der Waals surface area (Å²) in [5, 5.41) is 11.2. The summed E-state index contributed by atoms with van der Waals surface area (Å²) in [7, 11) is 0. The maximum absolute atomic E-state index is 11.2. The lowest BCUT2D eigenvalue weighted by atomic mass is 10.1. The van der Waals surface area contributed by atoms with Crippen LogP contribution in [0.25, 0.3) is 0 Å². The van der Waals surface area contributed by atoms with Crippen molar-refractivity contribution in [3.8, 4) is 0 Å². The number of hydrogen-bond acceptors (Lipinski definition) is 3. The fourth-order valence-electron chi connectivity index (χ4n) is 0.838. The van der Waals surface area contributed by atoms with E-state index in [2.05, 4.69) is 5.32 Å². The molecule has 0 aliphatic heterocycles. The summed E-state index contributed by atoms with van der Waals surface area (Å²) in [6, 6.07) is -0.649. The molecule has 72 valence electrons. The molecule has 0 aliphatic carbocycles. The number of carbonyl (C=O) groups is 1. The Morgan fingerprint density at radius 1 is 1.67 bits per heavy atom. The van der Waals surface area contributed by atoms with E-state index in [0.717, 1.165) is 6.42 Å². The maximum atomic E-state index is 11.2. The molecule has 0 radical (unpaired) electrons. The van der Waals surface area contributed by atoms with Gasteiger partial charge in [-0.2, -0.15) is 0 Å². The Morgan fingerprint density at radius 2 is 2.25 bits per heavy atom. The highest BCUT2D eigenvalue weighted by molar-refractivity contribution is 5.81. The number of aliphatic hydroxyl groups excluding tert-OH is 1. The van der Waals surface area contributed by atoms with E-state index in [9.17, 15) is 4.79 Å². The highest BCUT2D eigenvalue weighted by Gasteiger charge is 2.13. The number of nitrogens with one attached hydrogen (secondary N) is 1. The summed E-state index contributed by atoms with van der Waals surface area (Å²) >= 11 is 0. The molecule has 0 aromatic carbocycles. The van der Waals surface area contributed by atoms with Gasteiger partial charge in [0.05, 0.1) is 12.6 Å². The van der Waals surface area contributed by atoms with Gasteiger partial charge < -0.3 is 16.2 Å². The summed E-state index contributed by atoms with van der Waals surface area (Å²) < 4.78 is 0. The van der Waals surface area contributed by atoms with E-state index in [4.69, 9.17) is 10.8 Å². The van der Waals surface area contributed by atoms with Crippen molar-refractivity contribution in [1.29, 1.82) is 0 Å². The van der Waals surface area contributed by atoms with E-state index in [-0.39, 0.29) is 18.6 Å². The number of amides is 1. The maximum Gasteiger partial charge on any atom is 0.237 e. The molecule has 0 aromatic heterocycles. The van der Waals surface area contributed by atoms with Crippen molar-refractivity contribution in [1.82, 2.24) is 5.32 Å². The predicted molar refractivity (Wildman–Crippen MR) is 47.6 cm³/mol. The molecule has 0 heterocycles. The molecule has 2 atom stereocenters. The van der Waals surface area contributed by atoms with Crippen LogP contribution in [0.4, 0.5) is 0 Å². The average Bonchev–Trinajstić information content (AvgIpc) is 2.04. The fraction of sp³-hybridized carbons (Fsp3) is 0.875. The van der Waals surface area contributed by atoms with Crippen LogP contribution in [-0.4, -0.2) is 29.7 Å². The zero-order chi connectivity index (χ0) is 9.56. The second kappa shape index (κ2) is 5.97. The van der Waals surface area contributed by atoms with Gasteiger partial charge in [0.15, 0.2) is 0 Å². The largest absolute Gasteiger partial charge is 0.394 e. The highest BCUT2D eigenvalue weighted by atomic mass is 16.3. The van der Waals surface area contributed by atoms with E-state index in [1.54, 1.807) is 6.92 Å².